The van der Waals surface area contributed by atoms with E-state index in [9.17, 15) is 34.5 Å². The van der Waals surface area contributed by atoms with E-state index in [0.717, 1.165) is 0 Å². The second-order valence-electron chi connectivity index (χ2n) is 8.24. The van der Waals surface area contributed by atoms with Crippen LogP contribution in [0, 0.1) is 0 Å². The molecular weight excluding hydrogens is 543 g/mol. The Labute approximate surface area is 226 Å². The number of phenols is 1. The van der Waals surface area contributed by atoms with E-state index in [1.807, 2.05) is 0 Å². The molecule has 2 aromatic carbocycles. The van der Waals surface area contributed by atoms with Gasteiger partial charge in [0.25, 0.3) is 5.91 Å². The van der Waals surface area contributed by atoms with Crippen LogP contribution in [0.1, 0.15) is 38.7 Å². The molecule has 0 spiro atoms. The fourth-order valence-electron chi connectivity index (χ4n) is 3.50. The summed E-state index contributed by atoms with van der Waals surface area (Å²) in [7, 11) is 0. The molecule has 3 rings (SSSR count). The van der Waals surface area contributed by atoms with Gasteiger partial charge in [0.05, 0.1) is 36.7 Å². The van der Waals surface area contributed by atoms with Gasteiger partial charge in [0.2, 0.25) is 11.8 Å². The first kappa shape index (κ1) is 28.5. The first-order chi connectivity index (χ1) is 17.9. The number of hydrogen-bond donors (Lipinski definition) is 8. The van der Waals surface area contributed by atoms with Crippen LogP contribution in [0.4, 0.5) is 5.69 Å². The summed E-state index contributed by atoms with van der Waals surface area (Å²) in [4.78, 5) is 52.5. The highest BCUT2D eigenvalue weighted by atomic mass is 35.5. The number of nitrogens with one attached hydrogen (secondary N) is 4. The number of anilines is 1. The second kappa shape index (κ2) is 12.4. The molecule has 0 saturated heterocycles. The van der Waals surface area contributed by atoms with E-state index in [-0.39, 0.29) is 39.8 Å². The number of rotatable bonds is 9. The summed E-state index contributed by atoms with van der Waals surface area (Å²) in [6.07, 6.45) is -1.24. The van der Waals surface area contributed by atoms with E-state index in [0.29, 0.717) is 11.6 Å². The number of aliphatic hydroxyl groups is 1. The second-order valence-corrected chi connectivity index (χ2v) is 9.08. The van der Waals surface area contributed by atoms with Crippen LogP contribution in [0.3, 0.4) is 0 Å². The minimum Gasteiger partial charge on any atom is -0.506 e. The number of carbonyl (C=O) groups excluding carboxylic acids is 3. The monoisotopic (exact) mass is 566 g/mol. The number of aromatic hydroxyl groups is 1. The van der Waals surface area contributed by atoms with Gasteiger partial charge in [-0.05, 0) is 30.3 Å². The van der Waals surface area contributed by atoms with Gasteiger partial charge in [0.15, 0.2) is 5.96 Å². The van der Waals surface area contributed by atoms with Gasteiger partial charge in [-0.25, -0.2) is 0 Å². The number of β-amino-alcohol motifs (C(OH)–C–C–N with tert-alkyl or cyclic N) is 1. The van der Waals surface area contributed by atoms with Crippen LogP contribution in [0.25, 0.3) is 0 Å². The Balaban J connectivity index is 1.72. The summed E-state index contributed by atoms with van der Waals surface area (Å²) in [5.74, 6) is -3.71. The van der Waals surface area contributed by atoms with Gasteiger partial charge in [-0.15, -0.1) is 0 Å². The van der Waals surface area contributed by atoms with Gasteiger partial charge in [-0.3, -0.25) is 24.2 Å². The molecule has 0 aliphatic carbocycles. The summed E-state index contributed by atoms with van der Waals surface area (Å²) < 4.78 is 0. The summed E-state index contributed by atoms with van der Waals surface area (Å²) >= 11 is 11.9. The Morgan fingerprint density at radius 1 is 1.13 bits per heavy atom. The molecule has 0 fully saturated rings. The molecular formula is C23H24Cl2N6O7. The number of carboxylic acids is 1. The van der Waals surface area contributed by atoms with Crippen LogP contribution >= 0.6 is 23.2 Å². The number of aliphatic hydroxyl groups excluding tert-OH is 1. The normalized spacial score (nSPS) is 15.4. The Kier molecular flexibility index (Phi) is 9.34. The van der Waals surface area contributed by atoms with Gasteiger partial charge in [-0.1, -0.05) is 23.2 Å². The molecule has 202 valence electrons. The molecule has 3 amide bonds. The lowest BCUT2D eigenvalue weighted by Gasteiger charge is -2.20. The number of carboxylic acid groups (broad SMARTS) is 1. The van der Waals surface area contributed by atoms with Crippen molar-refractivity contribution in [3.63, 3.8) is 0 Å². The molecule has 2 aromatic rings. The van der Waals surface area contributed by atoms with Crippen molar-refractivity contribution >= 4 is 58.5 Å². The molecule has 0 bridgehead atoms. The highest BCUT2D eigenvalue weighted by molar-refractivity contribution is 6.35. The van der Waals surface area contributed by atoms with Gasteiger partial charge in [0.1, 0.15) is 5.75 Å². The van der Waals surface area contributed by atoms with Crippen LogP contribution in [0.2, 0.25) is 10.0 Å². The number of amides is 3. The average molecular weight is 567 g/mol. The molecule has 15 heteroatoms. The number of nitrogens with zero attached hydrogens (tertiary/aromatic N) is 1. The zero-order valence-electron chi connectivity index (χ0n) is 19.6. The first-order valence-corrected chi connectivity index (χ1v) is 11.8. The summed E-state index contributed by atoms with van der Waals surface area (Å²) in [5, 5.41) is 39.5. The van der Waals surface area contributed by atoms with Gasteiger partial charge < -0.3 is 42.3 Å². The molecule has 0 saturated carbocycles. The third-order valence-corrected chi connectivity index (χ3v) is 5.77. The van der Waals surface area contributed by atoms with Crippen molar-refractivity contribution in [2.24, 2.45) is 10.7 Å². The molecule has 1 aliphatic heterocycles. The van der Waals surface area contributed by atoms with Crippen molar-refractivity contribution in [2.75, 3.05) is 25.0 Å². The lowest BCUT2D eigenvalue weighted by molar-refractivity contribution is -0.137. The van der Waals surface area contributed by atoms with E-state index in [1.165, 1.54) is 30.3 Å². The fraction of sp³-hybridized carbons (Fsp3) is 0.261. The Bertz CT molecular complexity index is 1300. The molecule has 2 atom stereocenters. The van der Waals surface area contributed by atoms with Crippen molar-refractivity contribution in [3.05, 3.63) is 57.1 Å². The van der Waals surface area contributed by atoms with E-state index in [4.69, 9.17) is 28.9 Å². The SMILES string of the molecule is NC(=O)c1cc(NC2=NCC(O)CN2)cc(C(=O)NCC(=O)NC(CC(=O)O)c2cc(Cl)cc(Cl)c2O)c1. The molecule has 1 heterocycles. The van der Waals surface area contributed by atoms with E-state index < -0.39 is 54.6 Å². The zero-order valence-corrected chi connectivity index (χ0v) is 21.1. The van der Waals surface area contributed by atoms with Crippen molar-refractivity contribution in [1.82, 2.24) is 16.0 Å². The number of aliphatic carboxylic acids is 1. The van der Waals surface area contributed by atoms with Gasteiger partial charge in [-0.2, -0.15) is 0 Å². The zero-order chi connectivity index (χ0) is 28.0. The van der Waals surface area contributed by atoms with Crippen LogP contribution in [-0.2, 0) is 9.59 Å². The quantitative estimate of drug-likeness (QED) is 0.213. The average Bonchev–Trinajstić information content (AvgIpc) is 2.85. The molecule has 0 aromatic heterocycles. The largest absolute Gasteiger partial charge is 0.506 e. The molecule has 0 radical (unpaired) electrons. The van der Waals surface area contributed by atoms with Gasteiger partial charge in [0, 0.05) is 33.9 Å². The predicted octanol–water partition coefficient (Wildman–Crippen LogP) is 0.592. The molecule has 9 N–H and O–H groups in total. The number of halogens is 2. The number of nitrogens with two attached hydrogens (primary N) is 1. The molecule has 38 heavy (non-hydrogen) atoms. The number of carbonyl (C=O) groups is 4. The number of benzene rings is 2. The number of aliphatic imine (C=N–C) groups is 1. The van der Waals surface area contributed by atoms with Crippen LogP contribution in [0.15, 0.2) is 35.3 Å². The topological polar surface area (TPSA) is 215 Å². The Morgan fingerprint density at radius 2 is 1.84 bits per heavy atom. The summed E-state index contributed by atoms with van der Waals surface area (Å²) in [6.45, 7) is -0.152. The number of primary amides is 1. The van der Waals surface area contributed by atoms with E-state index in [2.05, 4.69) is 26.3 Å². The highest BCUT2D eigenvalue weighted by Crippen LogP contribution is 2.36. The standard InChI is InChI=1S/C23H24Cl2N6O7/c24-12-4-15(20(36)16(25)5-12)17(6-19(34)35)31-18(33)9-27-22(38)11-1-10(21(26)37)2-13(3-11)30-23-28-7-14(32)8-29-23/h1-5,14,17,32,36H,6-9H2,(H2,26,37)(H,27,38)(H,31,33)(H,34,35)(H2,28,29,30). The summed E-state index contributed by atoms with van der Waals surface area (Å²) in [5.41, 5.74) is 5.67. The van der Waals surface area contributed by atoms with Crippen LogP contribution in [0.5, 0.6) is 5.75 Å². The highest BCUT2D eigenvalue weighted by Gasteiger charge is 2.24. The van der Waals surface area contributed by atoms with E-state index >= 15 is 0 Å². The molecule has 2 unspecified atom stereocenters. The van der Waals surface area contributed by atoms with Crippen LogP contribution in [-0.4, -0.2) is 70.7 Å². The van der Waals surface area contributed by atoms with Crippen molar-refractivity contribution in [2.45, 2.75) is 18.6 Å². The maximum absolute atomic E-state index is 12.8. The lowest BCUT2D eigenvalue weighted by atomic mass is 10.0. The minimum absolute atomic E-state index is 0.00519. The molecule has 13 nitrogen and oxygen atoms in total. The van der Waals surface area contributed by atoms with Crippen LogP contribution < -0.4 is 27.0 Å². The Morgan fingerprint density at radius 3 is 2.47 bits per heavy atom. The Hall–Kier alpha value is -4.07. The maximum atomic E-state index is 12.8. The number of phenolic OH excluding ortho intramolecular Hbond substituents is 1. The summed E-state index contributed by atoms with van der Waals surface area (Å²) in [6, 6.07) is 5.36. The minimum atomic E-state index is -1.27. The first-order valence-electron chi connectivity index (χ1n) is 11.1. The van der Waals surface area contributed by atoms with Crippen molar-refractivity contribution in [3.8, 4) is 5.75 Å². The van der Waals surface area contributed by atoms with Crippen molar-refractivity contribution in [1.29, 1.82) is 0 Å². The molecule has 1 aliphatic rings. The number of guanidine groups is 1. The maximum Gasteiger partial charge on any atom is 0.305 e. The smallest absolute Gasteiger partial charge is 0.305 e. The van der Waals surface area contributed by atoms with Gasteiger partial charge >= 0.3 is 5.97 Å². The number of hydrogen-bond acceptors (Lipinski definition) is 9. The fourth-order valence-corrected chi connectivity index (χ4v) is 4.01. The predicted molar refractivity (Wildman–Crippen MR) is 138 cm³/mol. The van der Waals surface area contributed by atoms with Crippen molar-refractivity contribution < 1.29 is 34.5 Å². The lowest BCUT2D eigenvalue weighted by Crippen LogP contribution is -2.42. The third kappa shape index (κ3) is 7.71. The van der Waals surface area contributed by atoms with E-state index in [1.54, 1.807) is 0 Å². The third-order valence-electron chi connectivity index (χ3n) is 5.26.